The molecule has 0 heterocycles. The monoisotopic (exact) mass is 482 g/mol. The molecule has 6 nitrogen and oxygen atoms in total. The van der Waals surface area contributed by atoms with E-state index >= 15 is 0 Å². The first-order chi connectivity index (χ1) is 15.7. The fourth-order valence-electron chi connectivity index (χ4n) is 3.05. The predicted molar refractivity (Wildman–Crippen MR) is 144 cm³/mol. The Morgan fingerprint density at radius 1 is 1.00 bits per heavy atom. The summed E-state index contributed by atoms with van der Waals surface area (Å²) in [6.45, 7) is 15.0. The molecule has 0 aliphatic carbocycles. The van der Waals surface area contributed by atoms with Gasteiger partial charge in [0.2, 0.25) is 0 Å². The van der Waals surface area contributed by atoms with Crippen molar-refractivity contribution in [2.24, 2.45) is 11.1 Å². The Kier molecular flexibility index (Phi) is 8.83. The molecule has 0 radical (unpaired) electrons. The lowest BCUT2D eigenvalue weighted by molar-refractivity contribution is -0.117. The van der Waals surface area contributed by atoms with Gasteiger partial charge in [0.25, 0.3) is 11.8 Å². The first-order valence-corrected chi connectivity index (χ1v) is 12.5. The van der Waals surface area contributed by atoms with Crippen molar-refractivity contribution in [2.75, 3.05) is 23.4 Å². The molecule has 2 rings (SSSR count). The van der Waals surface area contributed by atoms with Crippen molar-refractivity contribution in [2.45, 2.75) is 58.8 Å². The van der Waals surface area contributed by atoms with Gasteiger partial charge in [-0.05, 0) is 59.4 Å². The van der Waals surface area contributed by atoms with E-state index in [1.165, 1.54) is 6.20 Å². The minimum absolute atomic E-state index is 0.0250. The lowest BCUT2D eigenvalue weighted by Gasteiger charge is -2.21. The molecule has 0 unspecified atom stereocenters. The third-order valence-electron chi connectivity index (χ3n) is 5.24. The van der Waals surface area contributed by atoms with Crippen LogP contribution in [0.2, 0.25) is 0 Å². The van der Waals surface area contributed by atoms with Crippen molar-refractivity contribution in [3.8, 4) is 0 Å². The highest BCUT2D eigenvalue weighted by Crippen LogP contribution is 2.32. The van der Waals surface area contributed by atoms with Gasteiger partial charge in [-0.2, -0.15) is 0 Å². The quantitative estimate of drug-likeness (QED) is 0.302. The Balaban J connectivity index is 2.20. The topological polar surface area (TPSA) is 96.2 Å². The van der Waals surface area contributed by atoms with E-state index in [1.807, 2.05) is 52.1 Å². The molecular formula is C27H38N4O2S. The largest absolute Gasteiger partial charge is 0.393 e. The van der Waals surface area contributed by atoms with E-state index in [9.17, 15) is 9.59 Å². The second kappa shape index (κ2) is 11.0. The van der Waals surface area contributed by atoms with E-state index in [1.54, 1.807) is 23.9 Å². The maximum atomic E-state index is 13.1. The number of amides is 2. The SMILES string of the molecule is CSc1ccc(C(C)(C)C)cc1NC(=O)c1ccc(C)c(N/C=C(\N)C(=O)NCC(C)(C)C)c1. The van der Waals surface area contributed by atoms with Gasteiger partial charge in [-0.1, -0.05) is 53.7 Å². The lowest BCUT2D eigenvalue weighted by atomic mass is 9.87. The van der Waals surface area contributed by atoms with Crippen molar-refractivity contribution in [3.05, 3.63) is 65.0 Å². The van der Waals surface area contributed by atoms with Crippen molar-refractivity contribution < 1.29 is 9.59 Å². The maximum absolute atomic E-state index is 13.1. The molecule has 5 N–H and O–H groups in total. The number of hydrogen-bond donors (Lipinski definition) is 4. The molecule has 0 aliphatic heterocycles. The van der Waals surface area contributed by atoms with Crippen LogP contribution in [0.4, 0.5) is 11.4 Å². The van der Waals surface area contributed by atoms with Crippen LogP contribution in [0, 0.1) is 12.3 Å². The number of nitrogens with one attached hydrogen (secondary N) is 3. The molecule has 0 spiro atoms. The van der Waals surface area contributed by atoms with E-state index in [0.29, 0.717) is 17.8 Å². The Morgan fingerprint density at radius 3 is 2.26 bits per heavy atom. The van der Waals surface area contributed by atoms with E-state index in [2.05, 4.69) is 42.8 Å². The normalized spacial score (nSPS) is 12.3. The number of nitrogens with two attached hydrogens (primary N) is 1. The summed E-state index contributed by atoms with van der Waals surface area (Å²) in [6.07, 6.45) is 3.45. The number of anilines is 2. The second-order valence-corrected chi connectivity index (χ2v) is 11.5. The summed E-state index contributed by atoms with van der Waals surface area (Å²) in [5.74, 6) is -0.540. The highest BCUT2D eigenvalue weighted by molar-refractivity contribution is 7.98. The number of rotatable bonds is 7. The third-order valence-corrected chi connectivity index (χ3v) is 6.03. The molecule has 2 amide bonds. The summed E-state index contributed by atoms with van der Waals surface area (Å²) in [7, 11) is 0. The summed E-state index contributed by atoms with van der Waals surface area (Å²) in [5, 5.41) is 8.95. The average molecular weight is 483 g/mol. The molecule has 0 bridgehead atoms. The Labute approximate surface area is 208 Å². The van der Waals surface area contributed by atoms with Gasteiger partial charge in [0.05, 0.1) is 5.69 Å². The Morgan fingerprint density at radius 2 is 1.68 bits per heavy atom. The first kappa shape index (κ1) is 27.3. The minimum Gasteiger partial charge on any atom is -0.393 e. The molecular weight excluding hydrogens is 444 g/mol. The molecule has 0 atom stereocenters. The number of carbonyl (C=O) groups is 2. The lowest BCUT2D eigenvalue weighted by Crippen LogP contribution is -2.35. The number of aryl methyl sites for hydroxylation is 1. The highest BCUT2D eigenvalue weighted by atomic mass is 32.2. The minimum atomic E-state index is -0.336. The van der Waals surface area contributed by atoms with Gasteiger partial charge in [0.1, 0.15) is 5.70 Å². The van der Waals surface area contributed by atoms with E-state index in [4.69, 9.17) is 5.73 Å². The van der Waals surface area contributed by atoms with Crippen molar-refractivity contribution in [1.29, 1.82) is 0 Å². The average Bonchev–Trinajstić information content (AvgIpc) is 2.75. The molecule has 34 heavy (non-hydrogen) atoms. The van der Waals surface area contributed by atoms with Gasteiger partial charge in [0, 0.05) is 28.9 Å². The van der Waals surface area contributed by atoms with Crippen LogP contribution in [0.1, 0.15) is 63.0 Å². The smallest absolute Gasteiger partial charge is 0.268 e. The van der Waals surface area contributed by atoms with Gasteiger partial charge < -0.3 is 21.7 Å². The zero-order valence-electron chi connectivity index (χ0n) is 21.6. The predicted octanol–water partition coefficient (Wildman–Crippen LogP) is 5.64. The molecule has 7 heteroatoms. The molecule has 0 aromatic heterocycles. The van der Waals surface area contributed by atoms with E-state index < -0.39 is 0 Å². The number of hydrogen-bond acceptors (Lipinski definition) is 5. The van der Waals surface area contributed by atoms with Crippen LogP contribution in [0.15, 0.2) is 53.2 Å². The van der Waals surface area contributed by atoms with Crippen LogP contribution in [0.25, 0.3) is 0 Å². The maximum Gasteiger partial charge on any atom is 0.268 e. The van der Waals surface area contributed by atoms with Crippen molar-refractivity contribution in [1.82, 2.24) is 5.32 Å². The van der Waals surface area contributed by atoms with Crippen LogP contribution in [-0.4, -0.2) is 24.6 Å². The molecule has 2 aromatic carbocycles. The summed E-state index contributed by atoms with van der Waals surface area (Å²) in [4.78, 5) is 26.3. The molecule has 184 valence electrons. The molecule has 0 aliphatic rings. The van der Waals surface area contributed by atoms with Crippen LogP contribution in [-0.2, 0) is 10.2 Å². The summed E-state index contributed by atoms with van der Waals surface area (Å²) in [6, 6.07) is 11.6. The van der Waals surface area contributed by atoms with E-state index in [-0.39, 0.29) is 28.3 Å². The van der Waals surface area contributed by atoms with Crippen molar-refractivity contribution >= 4 is 35.0 Å². The Hall–Kier alpha value is -2.93. The van der Waals surface area contributed by atoms with Gasteiger partial charge in [-0.3, -0.25) is 9.59 Å². The highest BCUT2D eigenvalue weighted by Gasteiger charge is 2.17. The van der Waals surface area contributed by atoms with Gasteiger partial charge >= 0.3 is 0 Å². The third kappa shape index (κ3) is 7.83. The fraction of sp³-hybridized carbons (Fsp3) is 0.407. The number of carbonyl (C=O) groups excluding carboxylic acids is 2. The molecule has 0 fully saturated rings. The van der Waals surface area contributed by atoms with Crippen LogP contribution < -0.4 is 21.7 Å². The fourth-order valence-corrected chi connectivity index (χ4v) is 3.59. The zero-order chi connectivity index (χ0) is 25.7. The van der Waals surface area contributed by atoms with Gasteiger partial charge in [0.15, 0.2) is 0 Å². The van der Waals surface area contributed by atoms with Gasteiger partial charge in [-0.15, -0.1) is 11.8 Å². The van der Waals surface area contributed by atoms with Crippen LogP contribution in [0.3, 0.4) is 0 Å². The molecule has 2 aromatic rings. The summed E-state index contributed by atoms with van der Waals surface area (Å²) in [5.41, 5.74) is 10.0. The number of thioether (sulfide) groups is 1. The van der Waals surface area contributed by atoms with Gasteiger partial charge in [-0.25, -0.2) is 0 Å². The Bertz CT molecular complexity index is 1080. The van der Waals surface area contributed by atoms with Crippen LogP contribution in [0.5, 0.6) is 0 Å². The molecule has 0 saturated heterocycles. The molecule has 0 saturated carbocycles. The first-order valence-electron chi connectivity index (χ1n) is 11.3. The zero-order valence-corrected chi connectivity index (χ0v) is 22.4. The summed E-state index contributed by atoms with van der Waals surface area (Å²) >= 11 is 1.59. The summed E-state index contributed by atoms with van der Waals surface area (Å²) < 4.78 is 0. The number of benzene rings is 2. The van der Waals surface area contributed by atoms with E-state index in [0.717, 1.165) is 21.7 Å². The van der Waals surface area contributed by atoms with Crippen LogP contribution >= 0.6 is 11.8 Å². The standard InChI is InChI=1S/C27H38N4O2S/c1-17-9-10-18(13-21(17)29-15-20(28)25(33)30-16-26(2,3)4)24(32)31-22-14-19(27(5,6)7)11-12-23(22)34-8/h9-15,29H,16,28H2,1-8H3,(H,30,33)(H,31,32)/b20-15-. The second-order valence-electron chi connectivity index (χ2n) is 10.6. The van der Waals surface area contributed by atoms with Crippen molar-refractivity contribution in [3.63, 3.8) is 0 Å².